The third-order valence-corrected chi connectivity index (χ3v) is 3.31. The monoisotopic (exact) mass is 310 g/mol. The molecule has 2 rings (SSSR count). The Morgan fingerprint density at radius 1 is 1.56 bits per heavy atom. The number of rotatable bonds is 5. The number of alkyl halides is 1. The van der Waals surface area contributed by atoms with E-state index >= 15 is 0 Å². The minimum atomic E-state index is -0.0919. The predicted octanol–water partition coefficient (Wildman–Crippen LogP) is 2.02. The van der Waals surface area contributed by atoms with Crippen molar-refractivity contribution in [3.8, 4) is 0 Å². The van der Waals surface area contributed by atoms with E-state index in [9.17, 15) is 4.79 Å². The van der Waals surface area contributed by atoms with Crippen LogP contribution in [0.25, 0.3) is 5.52 Å². The van der Waals surface area contributed by atoms with Gasteiger partial charge in [-0.1, -0.05) is 22.9 Å². The number of fused-ring (bicyclic) bond motifs is 1. The van der Waals surface area contributed by atoms with Crippen LogP contribution in [0, 0.1) is 0 Å². The molecule has 1 N–H and O–H groups in total. The Morgan fingerprint density at radius 3 is 3.11 bits per heavy atom. The molecule has 0 aliphatic heterocycles. The van der Waals surface area contributed by atoms with Gasteiger partial charge in [0.1, 0.15) is 0 Å². The molecular weight excluding hydrogens is 296 g/mol. The van der Waals surface area contributed by atoms with Gasteiger partial charge in [0.05, 0.1) is 23.5 Å². The van der Waals surface area contributed by atoms with E-state index in [0.717, 1.165) is 23.7 Å². The van der Waals surface area contributed by atoms with Gasteiger partial charge in [0.25, 0.3) is 5.91 Å². The zero-order valence-electron chi connectivity index (χ0n) is 10.1. The van der Waals surface area contributed by atoms with Gasteiger partial charge in [-0.2, -0.15) is 5.10 Å². The van der Waals surface area contributed by atoms with E-state index in [-0.39, 0.29) is 11.9 Å². The van der Waals surface area contributed by atoms with Gasteiger partial charge < -0.3 is 5.32 Å². The molecule has 2 aromatic rings. The van der Waals surface area contributed by atoms with Crippen molar-refractivity contribution in [2.45, 2.75) is 25.8 Å². The zero-order valence-corrected chi connectivity index (χ0v) is 11.7. The summed E-state index contributed by atoms with van der Waals surface area (Å²) < 4.78 is 1.65. The molecule has 0 radical (unpaired) electrons. The number of amides is 1. The largest absolute Gasteiger partial charge is 0.349 e. The van der Waals surface area contributed by atoms with Gasteiger partial charge in [-0.05, 0) is 12.8 Å². The first kappa shape index (κ1) is 13.0. The van der Waals surface area contributed by atoms with Gasteiger partial charge in [0, 0.05) is 23.8 Å². The molecule has 1 atom stereocenters. The highest BCUT2D eigenvalue weighted by atomic mass is 79.9. The van der Waals surface area contributed by atoms with E-state index in [1.54, 1.807) is 29.3 Å². The lowest BCUT2D eigenvalue weighted by Crippen LogP contribution is -2.34. The minimum absolute atomic E-state index is 0.0919. The topological polar surface area (TPSA) is 59.3 Å². The predicted molar refractivity (Wildman–Crippen MR) is 72.9 cm³/mol. The molecule has 0 fully saturated rings. The van der Waals surface area contributed by atoms with Crippen LogP contribution in [0.2, 0.25) is 0 Å². The van der Waals surface area contributed by atoms with Crippen LogP contribution in [-0.4, -0.2) is 31.9 Å². The summed E-state index contributed by atoms with van der Waals surface area (Å²) in [4.78, 5) is 16.2. The molecule has 2 aromatic heterocycles. The fourth-order valence-electron chi connectivity index (χ4n) is 1.78. The Balaban J connectivity index is 2.18. The quantitative estimate of drug-likeness (QED) is 0.860. The lowest BCUT2D eigenvalue weighted by Gasteiger charge is -2.14. The molecule has 0 aliphatic rings. The molecule has 96 valence electrons. The second-order valence-corrected chi connectivity index (χ2v) is 4.81. The van der Waals surface area contributed by atoms with Crippen LogP contribution in [0.4, 0.5) is 0 Å². The molecule has 0 bridgehead atoms. The molecule has 0 aliphatic carbocycles. The summed E-state index contributed by atoms with van der Waals surface area (Å²) in [6.07, 6.45) is 8.42. The van der Waals surface area contributed by atoms with Crippen molar-refractivity contribution in [2.24, 2.45) is 0 Å². The van der Waals surface area contributed by atoms with Crippen molar-refractivity contribution in [1.29, 1.82) is 0 Å². The highest BCUT2D eigenvalue weighted by molar-refractivity contribution is 9.09. The first-order valence-electron chi connectivity index (χ1n) is 5.90. The smallest absolute Gasteiger partial charge is 0.255 e. The maximum absolute atomic E-state index is 12.2. The van der Waals surface area contributed by atoms with Gasteiger partial charge in [0.2, 0.25) is 0 Å². The van der Waals surface area contributed by atoms with Gasteiger partial charge in [0.15, 0.2) is 0 Å². The number of aromatic nitrogens is 3. The van der Waals surface area contributed by atoms with E-state index in [1.807, 2.05) is 0 Å². The molecule has 0 spiro atoms. The standard InChI is InChI=1S/C12H15BrN4O/c1-2-9(3-4-13)16-12(18)10-7-15-17-6-5-14-8-11(10)17/h5-9H,2-4H2,1H3,(H,16,18). The SMILES string of the molecule is CCC(CCBr)NC(=O)c1cnn2ccncc12. The summed E-state index contributed by atoms with van der Waals surface area (Å²) in [5.41, 5.74) is 1.29. The van der Waals surface area contributed by atoms with E-state index in [0.29, 0.717) is 5.56 Å². The van der Waals surface area contributed by atoms with Gasteiger partial charge in [-0.15, -0.1) is 0 Å². The number of nitrogens with zero attached hydrogens (tertiary/aromatic N) is 3. The van der Waals surface area contributed by atoms with Crippen LogP contribution in [-0.2, 0) is 0 Å². The van der Waals surface area contributed by atoms with Crippen molar-refractivity contribution < 1.29 is 4.79 Å². The summed E-state index contributed by atoms with van der Waals surface area (Å²) in [7, 11) is 0. The normalized spacial score (nSPS) is 12.6. The molecule has 2 heterocycles. The summed E-state index contributed by atoms with van der Waals surface area (Å²) in [5, 5.41) is 8.01. The Hall–Kier alpha value is -1.43. The van der Waals surface area contributed by atoms with Gasteiger partial charge in [-0.3, -0.25) is 9.78 Å². The molecule has 5 nitrogen and oxygen atoms in total. The number of halogens is 1. The maximum atomic E-state index is 12.2. The first-order chi connectivity index (χ1) is 8.76. The number of hydrogen-bond acceptors (Lipinski definition) is 3. The number of carbonyl (C=O) groups excluding carboxylic acids is 1. The highest BCUT2D eigenvalue weighted by Crippen LogP contribution is 2.10. The Kier molecular flexibility index (Phi) is 4.30. The zero-order chi connectivity index (χ0) is 13.0. The van der Waals surface area contributed by atoms with Crippen molar-refractivity contribution in [2.75, 3.05) is 5.33 Å². The van der Waals surface area contributed by atoms with Crippen LogP contribution < -0.4 is 5.32 Å². The van der Waals surface area contributed by atoms with E-state index in [1.165, 1.54) is 0 Å². The average Bonchev–Trinajstić information content (AvgIpc) is 2.82. The lowest BCUT2D eigenvalue weighted by atomic mass is 10.1. The van der Waals surface area contributed by atoms with Crippen LogP contribution in [0.15, 0.2) is 24.8 Å². The van der Waals surface area contributed by atoms with Crippen molar-refractivity contribution in [1.82, 2.24) is 19.9 Å². The second-order valence-electron chi connectivity index (χ2n) is 4.02. The van der Waals surface area contributed by atoms with Gasteiger partial charge >= 0.3 is 0 Å². The lowest BCUT2D eigenvalue weighted by molar-refractivity contribution is 0.0937. The second kappa shape index (κ2) is 5.95. The molecule has 18 heavy (non-hydrogen) atoms. The summed E-state index contributed by atoms with van der Waals surface area (Å²) in [6.45, 7) is 2.06. The molecule has 1 unspecified atom stereocenters. The van der Waals surface area contributed by atoms with E-state index in [4.69, 9.17) is 0 Å². The van der Waals surface area contributed by atoms with E-state index in [2.05, 4.69) is 38.3 Å². The highest BCUT2D eigenvalue weighted by Gasteiger charge is 2.15. The van der Waals surface area contributed by atoms with Crippen LogP contribution >= 0.6 is 15.9 Å². The van der Waals surface area contributed by atoms with Crippen LogP contribution in [0.5, 0.6) is 0 Å². The molecule has 6 heteroatoms. The van der Waals surface area contributed by atoms with Crippen LogP contribution in [0.1, 0.15) is 30.1 Å². The Morgan fingerprint density at radius 2 is 2.39 bits per heavy atom. The minimum Gasteiger partial charge on any atom is -0.349 e. The molecular formula is C12H15BrN4O. The summed E-state index contributed by atoms with van der Waals surface area (Å²) >= 11 is 3.39. The molecule has 0 saturated heterocycles. The fourth-order valence-corrected chi connectivity index (χ4v) is 2.34. The Bertz CT molecular complexity index is 540. The first-order valence-corrected chi connectivity index (χ1v) is 7.02. The fraction of sp³-hybridized carbons (Fsp3) is 0.417. The average molecular weight is 311 g/mol. The third-order valence-electron chi connectivity index (χ3n) is 2.85. The van der Waals surface area contributed by atoms with Gasteiger partial charge in [-0.25, -0.2) is 4.52 Å². The summed E-state index contributed by atoms with van der Waals surface area (Å²) in [5.74, 6) is -0.0919. The van der Waals surface area contributed by atoms with Crippen molar-refractivity contribution in [3.05, 3.63) is 30.4 Å². The van der Waals surface area contributed by atoms with E-state index < -0.39 is 0 Å². The molecule has 0 saturated carbocycles. The summed E-state index contributed by atoms with van der Waals surface area (Å²) in [6, 6.07) is 0.184. The third kappa shape index (κ3) is 2.69. The molecule has 1 amide bonds. The van der Waals surface area contributed by atoms with Crippen molar-refractivity contribution >= 4 is 27.4 Å². The van der Waals surface area contributed by atoms with Crippen LogP contribution in [0.3, 0.4) is 0 Å². The number of carbonyl (C=O) groups is 1. The maximum Gasteiger partial charge on any atom is 0.255 e. The number of hydrogen-bond donors (Lipinski definition) is 1. The Labute approximate surface area is 114 Å². The van der Waals surface area contributed by atoms with Crippen molar-refractivity contribution in [3.63, 3.8) is 0 Å². The number of nitrogens with one attached hydrogen (secondary N) is 1. The molecule has 0 aromatic carbocycles.